The lowest BCUT2D eigenvalue weighted by molar-refractivity contribution is -0.726. The Labute approximate surface area is 155 Å². The summed E-state index contributed by atoms with van der Waals surface area (Å²) >= 11 is 6.14. The summed E-state index contributed by atoms with van der Waals surface area (Å²) in [7, 11) is 1.06. The number of Topliss-reactive ketones (excluding diaryl/α,β-unsaturated/α-hetero) is 1. The van der Waals surface area contributed by atoms with E-state index in [-0.39, 0.29) is 10.6 Å². The summed E-state index contributed by atoms with van der Waals surface area (Å²) in [5.41, 5.74) is -0.734. The minimum absolute atomic E-state index is 0.0874. The molecule has 0 aliphatic rings. The van der Waals surface area contributed by atoms with Crippen LogP contribution in [-0.2, 0) is 23.9 Å². The quantitative estimate of drug-likeness (QED) is 0.191. The van der Waals surface area contributed by atoms with Crippen molar-refractivity contribution in [3.63, 3.8) is 0 Å². The predicted molar refractivity (Wildman–Crippen MR) is 92.0 cm³/mol. The number of carbonyl (C=O) groups is 3. The average molecular weight is 386 g/mol. The first-order valence-electron chi connectivity index (χ1n) is 7.68. The lowest BCUT2D eigenvalue weighted by Gasteiger charge is -2.23. The van der Waals surface area contributed by atoms with E-state index < -0.39 is 46.3 Å². The fourth-order valence-electron chi connectivity index (χ4n) is 2.47. The van der Waals surface area contributed by atoms with E-state index in [2.05, 4.69) is 4.74 Å². The van der Waals surface area contributed by atoms with Crippen LogP contribution < -0.4 is 0 Å². The molecule has 1 N–H and O–H groups in total. The lowest BCUT2D eigenvalue weighted by Crippen LogP contribution is -2.41. The molecule has 0 saturated heterocycles. The van der Waals surface area contributed by atoms with Gasteiger partial charge < -0.3 is 14.7 Å². The Balaban J connectivity index is 3.70. The highest BCUT2D eigenvalue weighted by Gasteiger charge is 2.47. The van der Waals surface area contributed by atoms with Crippen molar-refractivity contribution >= 4 is 35.0 Å². The van der Waals surface area contributed by atoms with Crippen molar-refractivity contribution in [3.8, 4) is 0 Å². The first-order valence-corrected chi connectivity index (χ1v) is 8.06. The molecule has 0 aliphatic carbocycles. The maximum absolute atomic E-state index is 12.4. The Morgan fingerprint density at radius 1 is 1.23 bits per heavy atom. The number of esters is 2. The van der Waals surface area contributed by atoms with Crippen molar-refractivity contribution in [1.82, 2.24) is 0 Å². The summed E-state index contributed by atoms with van der Waals surface area (Å²) < 4.78 is 9.61. The molecule has 0 amide bonds. The van der Waals surface area contributed by atoms with E-state index in [1.807, 2.05) is 0 Å². The predicted octanol–water partition coefficient (Wildman–Crippen LogP) is 2.09. The second-order valence-electron chi connectivity index (χ2n) is 5.72. The summed E-state index contributed by atoms with van der Waals surface area (Å²) in [6, 6.07) is 6.01. The van der Waals surface area contributed by atoms with Crippen molar-refractivity contribution in [2.24, 2.45) is 5.92 Å². The number of ether oxygens (including phenoxy) is 2. The molecular weight excluding hydrogens is 366 g/mol. The van der Waals surface area contributed by atoms with Gasteiger partial charge in [0, 0.05) is 9.92 Å². The number of halogens is 1. The first kappa shape index (κ1) is 21.4. The largest absolute Gasteiger partial charge is 0.468 e. The number of methoxy groups -OCH3 is 1. The third-order valence-electron chi connectivity index (χ3n) is 3.52. The third-order valence-corrected chi connectivity index (χ3v) is 3.86. The van der Waals surface area contributed by atoms with Gasteiger partial charge in [0.1, 0.15) is 17.6 Å². The Bertz CT molecular complexity index is 726. The summed E-state index contributed by atoms with van der Waals surface area (Å²) in [4.78, 5) is 36.0. The van der Waals surface area contributed by atoms with E-state index in [1.54, 1.807) is 12.1 Å². The Morgan fingerprint density at radius 2 is 1.81 bits per heavy atom. The minimum Gasteiger partial charge on any atom is -0.468 e. The molecule has 9 heteroatoms. The highest BCUT2D eigenvalue weighted by molar-refractivity contribution is 6.39. The molecule has 0 radical (unpaired) electrons. The molecule has 0 aliphatic heterocycles. The number of benzene rings is 1. The topological polar surface area (TPSA) is 116 Å². The van der Waals surface area contributed by atoms with Crippen LogP contribution in [0.1, 0.15) is 32.3 Å². The second-order valence-corrected chi connectivity index (χ2v) is 6.13. The molecule has 0 saturated carbocycles. The van der Waals surface area contributed by atoms with Gasteiger partial charge in [-0.05, 0) is 32.4 Å². The maximum Gasteiger partial charge on any atom is 0.406 e. The average Bonchev–Trinajstić information content (AvgIpc) is 2.53. The Kier molecular flexibility index (Phi) is 7.57. The Hall–Kier alpha value is -2.61. The van der Waals surface area contributed by atoms with Crippen LogP contribution in [0, 0.1) is 11.1 Å². The lowest BCUT2D eigenvalue weighted by atomic mass is 9.80. The smallest absolute Gasteiger partial charge is 0.406 e. The molecule has 1 aromatic rings. The molecule has 8 nitrogen and oxygen atoms in total. The van der Waals surface area contributed by atoms with Gasteiger partial charge >= 0.3 is 17.7 Å². The van der Waals surface area contributed by atoms with Gasteiger partial charge in [-0.3, -0.25) is 14.8 Å². The second kappa shape index (κ2) is 9.19. The van der Waals surface area contributed by atoms with Gasteiger partial charge in [0.05, 0.1) is 13.2 Å². The molecule has 0 fully saturated rings. The third kappa shape index (κ3) is 4.95. The summed E-state index contributed by atoms with van der Waals surface area (Å²) in [5.74, 6) is -5.93. The van der Waals surface area contributed by atoms with Crippen LogP contribution in [0.5, 0.6) is 0 Å². The maximum atomic E-state index is 12.4. The molecule has 1 rings (SSSR count). The molecule has 26 heavy (non-hydrogen) atoms. The van der Waals surface area contributed by atoms with Crippen molar-refractivity contribution in [2.75, 3.05) is 7.11 Å². The summed E-state index contributed by atoms with van der Waals surface area (Å²) in [5, 5.41) is 21.4. The van der Waals surface area contributed by atoms with Crippen LogP contribution in [0.3, 0.4) is 0 Å². The SMILES string of the molecule is COC(=O)C(C(C)=O)C(C(C(=O)OC(C)C)=[N+]([O-])O)c1ccccc1Cl. The zero-order valence-electron chi connectivity index (χ0n) is 14.8. The van der Waals surface area contributed by atoms with Gasteiger partial charge in [-0.25, -0.2) is 4.79 Å². The minimum atomic E-state index is -1.58. The molecule has 142 valence electrons. The standard InChI is InChI=1S/C17H20ClNO7/c1-9(2)26-17(22)15(19(23)24)14(11-7-5-6-8-12(11)18)13(10(3)20)16(21)25-4/h5-9,13-14H,1-4H3,(H,23,24). The van der Waals surface area contributed by atoms with E-state index >= 15 is 0 Å². The molecule has 0 bridgehead atoms. The normalized spacial score (nSPS) is 14.2. The van der Waals surface area contributed by atoms with E-state index in [9.17, 15) is 24.8 Å². The van der Waals surface area contributed by atoms with Gasteiger partial charge in [0.2, 0.25) is 0 Å². The van der Waals surface area contributed by atoms with Crippen molar-refractivity contribution in [1.29, 1.82) is 0 Å². The van der Waals surface area contributed by atoms with Crippen LogP contribution >= 0.6 is 11.6 Å². The van der Waals surface area contributed by atoms with E-state index in [0.29, 0.717) is 0 Å². The molecule has 2 unspecified atom stereocenters. The number of rotatable bonds is 7. The van der Waals surface area contributed by atoms with Crippen LogP contribution in [-0.4, -0.2) is 46.8 Å². The molecule has 0 heterocycles. The van der Waals surface area contributed by atoms with Crippen LogP contribution in [0.4, 0.5) is 0 Å². The van der Waals surface area contributed by atoms with E-state index in [4.69, 9.17) is 16.3 Å². The number of hydrogen-bond acceptors (Lipinski definition) is 7. The number of carbonyl (C=O) groups excluding carboxylic acids is 3. The summed E-state index contributed by atoms with van der Waals surface area (Å²) in [6.45, 7) is 4.17. The fraction of sp³-hybridized carbons (Fsp3) is 0.412. The van der Waals surface area contributed by atoms with Crippen LogP contribution in [0.2, 0.25) is 5.02 Å². The van der Waals surface area contributed by atoms with E-state index in [1.165, 1.54) is 26.0 Å². The first-order chi connectivity index (χ1) is 12.1. The number of nitrogens with zero attached hydrogens (tertiary/aromatic N) is 1. The molecule has 2 atom stereocenters. The molecule has 0 aromatic heterocycles. The van der Waals surface area contributed by atoms with Crippen molar-refractivity contribution < 1.29 is 34.0 Å². The van der Waals surface area contributed by atoms with Gasteiger partial charge in [-0.2, -0.15) is 0 Å². The molecule has 0 spiro atoms. The number of hydrogen-bond donors (Lipinski definition) is 1. The zero-order valence-corrected chi connectivity index (χ0v) is 15.5. The number of ketones is 1. The van der Waals surface area contributed by atoms with Crippen LogP contribution in [0.15, 0.2) is 24.3 Å². The zero-order chi connectivity index (χ0) is 20.0. The highest BCUT2D eigenvalue weighted by Crippen LogP contribution is 2.33. The fourth-order valence-corrected chi connectivity index (χ4v) is 2.73. The van der Waals surface area contributed by atoms with Gasteiger partial charge in [-0.15, -0.1) is 0 Å². The highest BCUT2D eigenvalue weighted by atomic mass is 35.5. The van der Waals surface area contributed by atoms with Crippen molar-refractivity contribution in [2.45, 2.75) is 32.8 Å². The summed E-state index contributed by atoms with van der Waals surface area (Å²) in [6.07, 6.45) is -0.613. The van der Waals surface area contributed by atoms with Gasteiger partial charge in [0.25, 0.3) is 0 Å². The van der Waals surface area contributed by atoms with Crippen molar-refractivity contribution in [3.05, 3.63) is 40.1 Å². The van der Waals surface area contributed by atoms with Gasteiger partial charge in [-0.1, -0.05) is 29.8 Å². The van der Waals surface area contributed by atoms with Gasteiger partial charge in [0.15, 0.2) is 0 Å². The molecule has 1 aromatic carbocycles. The Morgan fingerprint density at radius 3 is 2.23 bits per heavy atom. The monoisotopic (exact) mass is 385 g/mol. The van der Waals surface area contributed by atoms with E-state index in [0.717, 1.165) is 14.0 Å². The van der Waals surface area contributed by atoms with Crippen LogP contribution in [0.25, 0.3) is 0 Å². The molecular formula is C17H20ClNO7.